The van der Waals surface area contributed by atoms with Crippen molar-refractivity contribution in [2.75, 3.05) is 11.9 Å². The van der Waals surface area contributed by atoms with Crippen molar-refractivity contribution in [1.82, 2.24) is 5.43 Å². The van der Waals surface area contributed by atoms with Crippen molar-refractivity contribution in [2.24, 2.45) is 11.0 Å². The van der Waals surface area contributed by atoms with E-state index in [0.717, 1.165) is 25.7 Å². The molecule has 1 fully saturated rings. The Hall–Kier alpha value is -3.35. The number of rotatable bonds is 7. The fourth-order valence-corrected chi connectivity index (χ4v) is 3.43. The predicted octanol–water partition coefficient (Wildman–Crippen LogP) is 4.07. The van der Waals surface area contributed by atoms with E-state index in [0.29, 0.717) is 29.2 Å². The molecule has 0 aliphatic heterocycles. The molecule has 7 heteroatoms. The first kappa shape index (κ1) is 21.4. The summed E-state index contributed by atoms with van der Waals surface area (Å²) in [4.78, 5) is 24.6. The molecule has 0 bridgehead atoms. The van der Waals surface area contributed by atoms with E-state index in [9.17, 15) is 14.7 Å². The number of amides is 2. The molecule has 30 heavy (non-hydrogen) atoms. The van der Waals surface area contributed by atoms with Crippen LogP contribution in [0.4, 0.5) is 5.69 Å². The van der Waals surface area contributed by atoms with Crippen molar-refractivity contribution >= 4 is 23.7 Å². The highest BCUT2D eigenvalue weighted by Crippen LogP contribution is 2.26. The average Bonchev–Trinajstić information content (AvgIpc) is 2.77. The zero-order valence-electron chi connectivity index (χ0n) is 17.1. The summed E-state index contributed by atoms with van der Waals surface area (Å²) >= 11 is 0. The molecule has 1 saturated carbocycles. The summed E-state index contributed by atoms with van der Waals surface area (Å²) in [5.74, 6) is 0.184. The van der Waals surface area contributed by atoms with Crippen LogP contribution in [0.25, 0.3) is 0 Å². The number of nitrogens with one attached hydrogen (secondary N) is 2. The van der Waals surface area contributed by atoms with Crippen molar-refractivity contribution in [2.45, 2.75) is 39.0 Å². The fraction of sp³-hybridized carbons (Fsp3) is 0.348. The van der Waals surface area contributed by atoms with Gasteiger partial charge in [-0.1, -0.05) is 19.3 Å². The lowest BCUT2D eigenvalue weighted by atomic mass is 9.88. The molecule has 2 amide bonds. The van der Waals surface area contributed by atoms with Gasteiger partial charge in [0.05, 0.1) is 12.8 Å². The maximum absolute atomic E-state index is 12.3. The lowest BCUT2D eigenvalue weighted by Crippen LogP contribution is -2.24. The van der Waals surface area contributed by atoms with Gasteiger partial charge < -0.3 is 15.2 Å². The van der Waals surface area contributed by atoms with E-state index in [4.69, 9.17) is 4.74 Å². The second kappa shape index (κ2) is 10.4. The molecule has 1 aliphatic carbocycles. The first-order valence-electron chi connectivity index (χ1n) is 10.3. The molecule has 7 nitrogen and oxygen atoms in total. The first-order chi connectivity index (χ1) is 14.6. The zero-order chi connectivity index (χ0) is 21.3. The molecular weight excluding hydrogens is 382 g/mol. The van der Waals surface area contributed by atoms with Crippen LogP contribution in [0.3, 0.4) is 0 Å². The van der Waals surface area contributed by atoms with Crippen LogP contribution in [0.1, 0.15) is 54.9 Å². The van der Waals surface area contributed by atoms with E-state index in [1.165, 1.54) is 18.7 Å². The monoisotopic (exact) mass is 409 g/mol. The Morgan fingerprint density at radius 2 is 1.87 bits per heavy atom. The van der Waals surface area contributed by atoms with Gasteiger partial charge in [-0.05, 0) is 67.8 Å². The minimum absolute atomic E-state index is 0.0497. The molecule has 0 spiro atoms. The van der Waals surface area contributed by atoms with Crippen molar-refractivity contribution in [1.29, 1.82) is 0 Å². The van der Waals surface area contributed by atoms with Gasteiger partial charge >= 0.3 is 0 Å². The third kappa shape index (κ3) is 5.83. The van der Waals surface area contributed by atoms with Gasteiger partial charge in [0, 0.05) is 17.2 Å². The maximum atomic E-state index is 12.3. The van der Waals surface area contributed by atoms with Crippen LogP contribution >= 0.6 is 0 Å². The number of ether oxygens (including phenoxy) is 1. The highest BCUT2D eigenvalue weighted by atomic mass is 16.5. The molecule has 3 rings (SSSR count). The number of carbonyl (C=O) groups excluding carboxylic acids is 2. The van der Waals surface area contributed by atoms with E-state index >= 15 is 0 Å². The Morgan fingerprint density at radius 1 is 1.13 bits per heavy atom. The van der Waals surface area contributed by atoms with E-state index in [-0.39, 0.29) is 23.5 Å². The van der Waals surface area contributed by atoms with Crippen LogP contribution < -0.4 is 15.5 Å². The Morgan fingerprint density at radius 3 is 2.57 bits per heavy atom. The first-order valence-corrected chi connectivity index (χ1v) is 10.3. The van der Waals surface area contributed by atoms with Crippen LogP contribution in [0.2, 0.25) is 0 Å². The SMILES string of the molecule is CCOc1cc(/C=N/NC(=O)c2ccc(NC(=O)C3CCCCC3)cc2)ccc1O. The minimum Gasteiger partial charge on any atom is -0.504 e. The Kier molecular flexibility index (Phi) is 7.43. The van der Waals surface area contributed by atoms with E-state index in [1.807, 2.05) is 6.92 Å². The van der Waals surface area contributed by atoms with Gasteiger partial charge in [-0.15, -0.1) is 0 Å². The summed E-state index contributed by atoms with van der Waals surface area (Å²) in [7, 11) is 0. The zero-order valence-corrected chi connectivity index (χ0v) is 17.1. The molecule has 0 aromatic heterocycles. The lowest BCUT2D eigenvalue weighted by Gasteiger charge is -2.20. The molecule has 1 aliphatic rings. The number of carbonyl (C=O) groups is 2. The van der Waals surface area contributed by atoms with E-state index in [2.05, 4.69) is 15.8 Å². The van der Waals surface area contributed by atoms with Crippen LogP contribution in [-0.2, 0) is 4.79 Å². The van der Waals surface area contributed by atoms with Crippen molar-refractivity contribution in [3.05, 3.63) is 53.6 Å². The number of anilines is 1. The normalized spacial score (nSPS) is 14.4. The van der Waals surface area contributed by atoms with Crippen molar-refractivity contribution in [3.8, 4) is 11.5 Å². The number of hydrogen-bond donors (Lipinski definition) is 3. The third-order valence-corrected chi connectivity index (χ3v) is 5.05. The topological polar surface area (TPSA) is 100 Å². The molecule has 2 aromatic carbocycles. The van der Waals surface area contributed by atoms with Crippen LogP contribution in [0.15, 0.2) is 47.6 Å². The van der Waals surface area contributed by atoms with Gasteiger partial charge in [0.15, 0.2) is 11.5 Å². The van der Waals surface area contributed by atoms with Crippen molar-refractivity contribution in [3.63, 3.8) is 0 Å². The van der Waals surface area contributed by atoms with Gasteiger partial charge in [0.1, 0.15) is 0 Å². The minimum atomic E-state index is -0.361. The van der Waals surface area contributed by atoms with E-state index in [1.54, 1.807) is 36.4 Å². The summed E-state index contributed by atoms with van der Waals surface area (Å²) in [5, 5.41) is 16.6. The van der Waals surface area contributed by atoms with Crippen LogP contribution in [0, 0.1) is 5.92 Å². The number of nitrogens with zero attached hydrogens (tertiary/aromatic N) is 1. The maximum Gasteiger partial charge on any atom is 0.271 e. The Bertz CT molecular complexity index is 903. The standard InChI is InChI=1S/C23H27N3O4/c1-2-30-21-14-16(8-13-20(21)27)15-24-26-23(29)18-9-11-19(12-10-18)25-22(28)17-6-4-3-5-7-17/h8-15,17,27H,2-7H2,1H3,(H,25,28)(H,26,29)/b24-15+. The lowest BCUT2D eigenvalue weighted by molar-refractivity contribution is -0.120. The molecule has 0 atom stereocenters. The van der Waals surface area contributed by atoms with Gasteiger partial charge in [0.2, 0.25) is 5.91 Å². The molecule has 3 N–H and O–H groups in total. The number of benzene rings is 2. The molecule has 0 heterocycles. The third-order valence-electron chi connectivity index (χ3n) is 5.05. The largest absolute Gasteiger partial charge is 0.504 e. The molecule has 0 radical (unpaired) electrons. The molecular formula is C23H27N3O4. The van der Waals surface area contributed by atoms with Gasteiger partial charge in [0.25, 0.3) is 5.91 Å². The second-order valence-electron chi connectivity index (χ2n) is 7.26. The highest BCUT2D eigenvalue weighted by Gasteiger charge is 2.21. The molecule has 2 aromatic rings. The highest BCUT2D eigenvalue weighted by molar-refractivity contribution is 5.96. The summed E-state index contributed by atoms with van der Waals surface area (Å²) < 4.78 is 5.32. The van der Waals surface area contributed by atoms with Crippen LogP contribution in [-0.4, -0.2) is 29.7 Å². The molecule has 0 saturated heterocycles. The van der Waals surface area contributed by atoms with Gasteiger partial charge in [-0.2, -0.15) is 5.10 Å². The van der Waals surface area contributed by atoms with E-state index < -0.39 is 0 Å². The fourth-order valence-electron chi connectivity index (χ4n) is 3.43. The summed E-state index contributed by atoms with van der Waals surface area (Å²) in [6.45, 7) is 2.26. The predicted molar refractivity (Wildman–Crippen MR) is 116 cm³/mol. The second-order valence-corrected chi connectivity index (χ2v) is 7.26. The smallest absolute Gasteiger partial charge is 0.271 e. The summed E-state index contributed by atoms with van der Waals surface area (Å²) in [5.41, 5.74) is 4.26. The van der Waals surface area contributed by atoms with Crippen molar-refractivity contribution < 1.29 is 19.4 Å². The summed E-state index contributed by atoms with van der Waals surface area (Å²) in [6.07, 6.45) is 6.77. The Labute approximate surface area is 176 Å². The van der Waals surface area contributed by atoms with Crippen LogP contribution in [0.5, 0.6) is 11.5 Å². The number of phenols is 1. The number of aromatic hydroxyl groups is 1. The quantitative estimate of drug-likeness (QED) is 0.474. The van der Waals surface area contributed by atoms with Gasteiger partial charge in [-0.3, -0.25) is 9.59 Å². The number of phenolic OH excluding ortho intramolecular Hbond substituents is 1. The Balaban J connectivity index is 1.53. The number of hydrazone groups is 1. The summed E-state index contributed by atoms with van der Waals surface area (Å²) in [6, 6.07) is 11.5. The molecule has 158 valence electrons. The van der Waals surface area contributed by atoms with Gasteiger partial charge in [-0.25, -0.2) is 5.43 Å². The number of hydrogen-bond acceptors (Lipinski definition) is 5. The average molecular weight is 409 g/mol. The molecule has 0 unspecified atom stereocenters.